The summed E-state index contributed by atoms with van der Waals surface area (Å²) in [6, 6.07) is 10.2. The minimum atomic E-state index is -0.214. The van der Waals surface area contributed by atoms with Gasteiger partial charge in [-0.3, -0.25) is 4.79 Å². The summed E-state index contributed by atoms with van der Waals surface area (Å²) >= 11 is 1.59. The zero-order valence-electron chi connectivity index (χ0n) is 10.3. The molecule has 0 aliphatic heterocycles. The molecule has 0 saturated heterocycles. The lowest BCUT2D eigenvalue weighted by molar-refractivity contribution is -0.142. The van der Waals surface area contributed by atoms with E-state index in [1.54, 1.807) is 18.3 Å². The van der Waals surface area contributed by atoms with E-state index in [2.05, 4.69) is 17.1 Å². The predicted octanol–water partition coefficient (Wildman–Crippen LogP) is 2.84. The van der Waals surface area contributed by atoms with Gasteiger partial charge in [0.05, 0.1) is 23.7 Å². The highest BCUT2D eigenvalue weighted by atomic mass is 32.1. The van der Waals surface area contributed by atoms with Crippen LogP contribution in [0, 0.1) is 0 Å². The van der Waals surface area contributed by atoms with Crippen LogP contribution in [-0.2, 0) is 22.4 Å². The van der Waals surface area contributed by atoms with Gasteiger partial charge in [0, 0.05) is 11.8 Å². The Balaban J connectivity index is 1.96. The van der Waals surface area contributed by atoms with Crippen LogP contribution in [0.4, 0.5) is 0 Å². The standard InChI is InChI=1S/C14H15NO2S/c1-2-17-14(16)9-12-10-18-13(15-12)8-11-6-4-3-5-7-11/h3-7,10H,2,8-9H2,1H3. The largest absolute Gasteiger partial charge is 0.466 e. The molecule has 0 amide bonds. The second-order valence-electron chi connectivity index (χ2n) is 3.88. The quantitative estimate of drug-likeness (QED) is 0.777. The fourth-order valence-corrected chi connectivity index (χ4v) is 2.47. The minimum absolute atomic E-state index is 0.214. The van der Waals surface area contributed by atoms with Crippen molar-refractivity contribution < 1.29 is 9.53 Å². The summed E-state index contributed by atoms with van der Waals surface area (Å²) < 4.78 is 4.90. The average molecular weight is 261 g/mol. The highest BCUT2D eigenvalue weighted by Gasteiger charge is 2.08. The van der Waals surface area contributed by atoms with Crippen molar-refractivity contribution in [2.24, 2.45) is 0 Å². The van der Waals surface area contributed by atoms with Crippen LogP contribution in [0.3, 0.4) is 0 Å². The number of nitrogens with zero attached hydrogens (tertiary/aromatic N) is 1. The molecule has 1 aromatic carbocycles. The summed E-state index contributed by atoms with van der Waals surface area (Å²) in [6.45, 7) is 2.22. The molecule has 0 spiro atoms. The van der Waals surface area contributed by atoms with Gasteiger partial charge in [-0.05, 0) is 12.5 Å². The Morgan fingerprint density at radius 1 is 1.33 bits per heavy atom. The lowest BCUT2D eigenvalue weighted by atomic mass is 10.2. The van der Waals surface area contributed by atoms with Crippen LogP contribution < -0.4 is 0 Å². The Morgan fingerprint density at radius 2 is 2.11 bits per heavy atom. The molecule has 0 aliphatic rings. The van der Waals surface area contributed by atoms with Gasteiger partial charge in [-0.15, -0.1) is 11.3 Å². The fourth-order valence-electron chi connectivity index (χ4n) is 1.64. The first-order valence-electron chi connectivity index (χ1n) is 5.90. The highest BCUT2D eigenvalue weighted by molar-refractivity contribution is 7.09. The fraction of sp³-hybridized carbons (Fsp3) is 0.286. The number of aromatic nitrogens is 1. The van der Waals surface area contributed by atoms with Gasteiger partial charge in [-0.2, -0.15) is 0 Å². The zero-order chi connectivity index (χ0) is 12.8. The van der Waals surface area contributed by atoms with Gasteiger partial charge in [-0.25, -0.2) is 4.98 Å². The van der Waals surface area contributed by atoms with E-state index in [1.807, 2.05) is 23.6 Å². The third kappa shape index (κ3) is 3.67. The number of carbonyl (C=O) groups is 1. The maximum Gasteiger partial charge on any atom is 0.311 e. The summed E-state index contributed by atoms with van der Waals surface area (Å²) in [5.74, 6) is -0.214. The first-order valence-corrected chi connectivity index (χ1v) is 6.78. The van der Waals surface area contributed by atoms with Crippen molar-refractivity contribution in [3.05, 3.63) is 52.0 Å². The molecular formula is C14H15NO2S. The Bertz CT molecular complexity index is 508. The zero-order valence-corrected chi connectivity index (χ0v) is 11.1. The van der Waals surface area contributed by atoms with E-state index in [-0.39, 0.29) is 12.4 Å². The van der Waals surface area contributed by atoms with E-state index in [1.165, 1.54) is 5.56 Å². The first-order chi connectivity index (χ1) is 8.78. The summed E-state index contributed by atoms with van der Waals surface area (Å²) in [6.07, 6.45) is 1.08. The molecule has 18 heavy (non-hydrogen) atoms. The number of hydrogen-bond donors (Lipinski definition) is 0. The summed E-state index contributed by atoms with van der Waals surface area (Å²) in [5.41, 5.74) is 2.03. The Hall–Kier alpha value is -1.68. The molecule has 0 unspecified atom stereocenters. The summed E-state index contributed by atoms with van der Waals surface area (Å²) in [4.78, 5) is 15.8. The van der Waals surface area contributed by atoms with E-state index in [0.717, 1.165) is 17.1 Å². The molecule has 0 atom stereocenters. The molecule has 1 aromatic heterocycles. The molecule has 94 valence electrons. The number of hydrogen-bond acceptors (Lipinski definition) is 4. The topological polar surface area (TPSA) is 39.2 Å². The summed E-state index contributed by atoms with van der Waals surface area (Å²) in [7, 11) is 0. The third-order valence-electron chi connectivity index (χ3n) is 2.43. The molecular weight excluding hydrogens is 246 g/mol. The van der Waals surface area contributed by atoms with Gasteiger partial charge in [0.25, 0.3) is 0 Å². The van der Waals surface area contributed by atoms with Crippen LogP contribution in [0.15, 0.2) is 35.7 Å². The van der Waals surface area contributed by atoms with Crippen LogP contribution in [0.5, 0.6) is 0 Å². The third-order valence-corrected chi connectivity index (χ3v) is 3.33. The number of benzene rings is 1. The van der Waals surface area contributed by atoms with Crippen molar-refractivity contribution in [2.45, 2.75) is 19.8 Å². The second kappa shape index (κ2) is 6.31. The van der Waals surface area contributed by atoms with E-state index in [4.69, 9.17) is 4.74 Å². The van der Waals surface area contributed by atoms with Crippen LogP contribution in [0.1, 0.15) is 23.2 Å². The van der Waals surface area contributed by atoms with Crippen molar-refractivity contribution in [1.82, 2.24) is 4.98 Å². The van der Waals surface area contributed by atoms with Crippen LogP contribution >= 0.6 is 11.3 Å². The number of rotatable bonds is 5. The number of ether oxygens (including phenoxy) is 1. The number of carbonyl (C=O) groups excluding carboxylic acids is 1. The summed E-state index contributed by atoms with van der Waals surface area (Å²) in [5, 5.41) is 2.95. The second-order valence-corrected chi connectivity index (χ2v) is 4.82. The lowest BCUT2D eigenvalue weighted by Crippen LogP contribution is -2.07. The van der Waals surface area contributed by atoms with Gasteiger partial charge in [0.2, 0.25) is 0 Å². The number of thiazole rings is 1. The smallest absolute Gasteiger partial charge is 0.311 e. The van der Waals surface area contributed by atoms with E-state index >= 15 is 0 Å². The lowest BCUT2D eigenvalue weighted by Gasteiger charge is -1.98. The SMILES string of the molecule is CCOC(=O)Cc1csc(Cc2ccccc2)n1. The van der Waals surface area contributed by atoms with Gasteiger partial charge in [-0.1, -0.05) is 30.3 Å². The predicted molar refractivity (Wildman–Crippen MR) is 71.7 cm³/mol. The van der Waals surface area contributed by atoms with Crippen LogP contribution in [-0.4, -0.2) is 17.6 Å². The molecule has 0 N–H and O–H groups in total. The van der Waals surface area contributed by atoms with Crippen molar-refractivity contribution in [3.63, 3.8) is 0 Å². The molecule has 2 aromatic rings. The molecule has 1 heterocycles. The average Bonchev–Trinajstić information content (AvgIpc) is 2.78. The van der Waals surface area contributed by atoms with E-state index in [0.29, 0.717) is 6.61 Å². The van der Waals surface area contributed by atoms with E-state index in [9.17, 15) is 4.79 Å². The monoisotopic (exact) mass is 261 g/mol. The Labute approximate surface area is 110 Å². The van der Waals surface area contributed by atoms with Crippen molar-refractivity contribution in [1.29, 1.82) is 0 Å². The van der Waals surface area contributed by atoms with Crippen molar-refractivity contribution in [2.75, 3.05) is 6.61 Å². The van der Waals surface area contributed by atoms with Gasteiger partial charge in [0.15, 0.2) is 0 Å². The molecule has 0 saturated carbocycles. The van der Waals surface area contributed by atoms with Gasteiger partial charge >= 0.3 is 5.97 Å². The molecule has 0 aliphatic carbocycles. The Morgan fingerprint density at radius 3 is 2.83 bits per heavy atom. The van der Waals surface area contributed by atoms with Crippen molar-refractivity contribution >= 4 is 17.3 Å². The maximum absolute atomic E-state index is 11.3. The molecule has 0 bridgehead atoms. The van der Waals surface area contributed by atoms with Crippen LogP contribution in [0.25, 0.3) is 0 Å². The first kappa shape index (κ1) is 12.8. The van der Waals surface area contributed by atoms with Gasteiger partial charge < -0.3 is 4.74 Å². The Kier molecular flexibility index (Phi) is 4.47. The normalized spacial score (nSPS) is 10.3. The number of esters is 1. The molecule has 4 heteroatoms. The molecule has 2 rings (SSSR count). The van der Waals surface area contributed by atoms with Gasteiger partial charge in [0.1, 0.15) is 0 Å². The van der Waals surface area contributed by atoms with Crippen molar-refractivity contribution in [3.8, 4) is 0 Å². The minimum Gasteiger partial charge on any atom is -0.466 e. The molecule has 0 fully saturated rings. The maximum atomic E-state index is 11.3. The van der Waals surface area contributed by atoms with E-state index < -0.39 is 0 Å². The molecule has 0 radical (unpaired) electrons. The molecule has 3 nitrogen and oxygen atoms in total. The highest BCUT2D eigenvalue weighted by Crippen LogP contribution is 2.15. The van der Waals surface area contributed by atoms with Crippen LogP contribution in [0.2, 0.25) is 0 Å².